The van der Waals surface area contributed by atoms with Crippen LogP contribution >= 0.6 is 0 Å². The van der Waals surface area contributed by atoms with Crippen LogP contribution in [-0.4, -0.2) is 18.1 Å². The molecule has 0 unspecified atom stereocenters. The number of hydrogen-bond acceptors (Lipinski definition) is 4. The van der Waals surface area contributed by atoms with Gasteiger partial charge in [-0.2, -0.15) is 0 Å². The Morgan fingerprint density at radius 1 is 1.33 bits per heavy atom. The average Bonchev–Trinajstić information content (AvgIpc) is 2.94. The Hall–Kier alpha value is -1.81. The number of nitrogens with one attached hydrogen (secondary N) is 1. The maximum absolute atomic E-state index is 5.61. The van der Waals surface area contributed by atoms with Crippen LogP contribution in [0.1, 0.15) is 42.9 Å². The second kappa shape index (κ2) is 6.31. The van der Waals surface area contributed by atoms with Gasteiger partial charge in [-0.1, -0.05) is 25.1 Å². The molecular formula is C17H22N2O2. The maximum atomic E-state index is 5.61. The molecule has 21 heavy (non-hydrogen) atoms. The fourth-order valence-electron chi connectivity index (χ4n) is 2.87. The van der Waals surface area contributed by atoms with Gasteiger partial charge in [-0.05, 0) is 30.4 Å². The van der Waals surface area contributed by atoms with Crippen LogP contribution < -0.4 is 10.1 Å². The van der Waals surface area contributed by atoms with Gasteiger partial charge in [-0.3, -0.25) is 0 Å². The quantitative estimate of drug-likeness (QED) is 0.885. The van der Waals surface area contributed by atoms with Gasteiger partial charge in [-0.15, -0.1) is 0 Å². The van der Waals surface area contributed by atoms with Crippen molar-refractivity contribution in [2.75, 3.05) is 7.11 Å². The minimum atomic E-state index is 0.539. The molecule has 1 N–H and O–H groups in total. The maximum Gasteiger partial charge on any atom is 0.208 e. The lowest BCUT2D eigenvalue weighted by atomic mass is 9.75. The van der Waals surface area contributed by atoms with E-state index < -0.39 is 0 Å². The number of nitrogens with zero attached hydrogens (tertiary/aromatic N) is 1. The van der Waals surface area contributed by atoms with E-state index >= 15 is 0 Å². The summed E-state index contributed by atoms with van der Waals surface area (Å²) in [6.07, 6.45) is 4.99. The summed E-state index contributed by atoms with van der Waals surface area (Å²) >= 11 is 0. The van der Waals surface area contributed by atoms with E-state index in [1.165, 1.54) is 5.56 Å². The van der Waals surface area contributed by atoms with Crippen molar-refractivity contribution in [2.45, 2.75) is 44.7 Å². The normalized spacial score (nSPS) is 21.0. The highest BCUT2D eigenvalue weighted by Crippen LogP contribution is 2.40. The van der Waals surface area contributed by atoms with Crippen molar-refractivity contribution in [1.82, 2.24) is 10.3 Å². The molecule has 0 saturated heterocycles. The summed E-state index contributed by atoms with van der Waals surface area (Å²) < 4.78 is 11.0. The Kier molecular flexibility index (Phi) is 4.25. The van der Waals surface area contributed by atoms with Gasteiger partial charge in [-0.25, -0.2) is 4.98 Å². The predicted octanol–water partition coefficient (Wildman–Crippen LogP) is 3.28. The Labute approximate surface area is 125 Å². The fourth-order valence-corrected chi connectivity index (χ4v) is 2.87. The topological polar surface area (TPSA) is 47.3 Å². The number of methoxy groups -OCH3 is 1. The van der Waals surface area contributed by atoms with Crippen molar-refractivity contribution in [3.8, 4) is 5.75 Å². The minimum Gasteiger partial charge on any atom is -0.496 e. The molecule has 1 aliphatic carbocycles. The fraction of sp³-hybridized carbons (Fsp3) is 0.471. The van der Waals surface area contributed by atoms with Crippen LogP contribution in [-0.2, 0) is 13.0 Å². The zero-order valence-corrected chi connectivity index (χ0v) is 12.6. The molecule has 0 atom stereocenters. The molecule has 1 heterocycles. The molecule has 3 rings (SSSR count). The molecule has 0 radical (unpaired) electrons. The highest BCUT2D eigenvalue weighted by molar-refractivity contribution is 5.37. The lowest BCUT2D eigenvalue weighted by Crippen LogP contribution is -2.39. The van der Waals surface area contributed by atoms with Crippen LogP contribution in [0.3, 0.4) is 0 Å². The predicted molar refractivity (Wildman–Crippen MR) is 81.5 cm³/mol. The second-order valence-corrected chi connectivity index (χ2v) is 5.56. The van der Waals surface area contributed by atoms with E-state index in [1.54, 1.807) is 7.11 Å². The first-order valence-electron chi connectivity index (χ1n) is 7.60. The molecule has 0 amide bonds. The molecule has 1 aromatic heterocycles. The molecule has 4 heteroatoms. The van der Waals surface area contributed by atoms with Crippen LogP contribution in [0.4, 0.5) is 0 Å². The summed E-state index contributed by atoms with van der Waals surface area (Å²) in [5.74, 6) is 3.33. The average molecular weight is 286 g/mol. The third kappa shape index (κ3) is 3.10. The van der Waals surface area contributed by atoms with E-state index in [4.69, 9.17) is 9.15 Å². The summed E-state index contributed by atoms with van der Waals surface area (Å²) in [7, 11) is 1.74. The number of aromatic nitrogens is 1. The molecule has 0 bridgehead atoms. The summed E-state index contributed by atoms with van der Waals surface area (Å²) in [6.45, 7) is 2.78. The lowest BCUT2D eigenvalue weighted by Gasteiger charge is -2.36. The largest absolute Gasteiger partial charge is 0.496 e. The number of ether oxygens (including phenoxy) is 1. The SMILES string of the molecule is CCc1cnc(CNC2CC(c3ccccc3OC)C2)o1. The van der Waals surface area contributed by atoms with E-state index in [0.29, 0.717) is 18.5 Å². The Morgan fingerprint density at radius 3 is 2.86 bits per heavy atom. The first-order valence-corrected chi connectivity index (χ1v) is 7.60. The van der Waals surface area contributed by atoms with Gasteiger partial charge in [0.15, 0.2) is 0 Å². The number of aryl methyl sites for hydroxylation is 1. The molecule has 4 nitrogen and oxygen atoms in total. The van der Waals surface area contributed by atoms with Gasteiger partial charge in [0.2, 0.25) is 5.89 Å². The van der Waals surface area contributed by atoms with Crippen LogP contribution in [0.2, 0.25) is 0 Å². The van der Waals surface area contributed by atoms with Crippen molar-refractivity contribution >= 4 is 0 Å². The van der Waals surface area contributed by atoms with Crippen molar-refractivity contribution in [3.63, 3.8) is 0 Å². The van der Waals surface area contributed by atoms with Crippen LogP contribution in [0.25, 0.3) is 0 Å². The minimum absolute atomic E-state index is 0.539. The van der Waals surface area contributed by atoms with Gasteiger partial charge >= 0.3 is 0 Å². The smallest absolute Gasteiger partial charge is 0.208 e. The van der Waals surface area contributed by atoms with Gasteiger partial charge in [0.1, 0.15) is 11.5 Å². The monoisotopic (exact) mass is 286 g/mol. The van der Waals surface area contributed by atoms with E-state index in [1.807, 2.05) is 18.3 Å². The molecule has 1 fully saturated rings. The van der Waals surface area contributed by atoms with Gasteiger partial charge < -0.3 is 14.5 Å². The zero-order valence-electron chi connectivity index (χ0n) is 12.6. The summed E-state index contributed by atoms with van der Waals surface area (Å²) in [4.78, 5) is 4.27. The molecule has 0 spiro atoms. The first kappa shape index (κ1) is 14.1. The van der Waals surface area contributed by atoms with Crippen LogP contribution in [0.15, 0.2) is 34.9 Å². The molecule has 1 aliphatic rings. The zero-order chi connectivity index (χ0) is 14.7. The molecule has 2 aromatic rings. The van der Waals surface area contributed by atoms with Gasteiger partial charge in [0.05, 0.1) is 19.9 Å². The number of rotatable bonds is 6. The molecule has 1 saturated carbocycles. The lowest BCUT2D eigenvalue weighted by molar-refractivity contribution is 0.272. The van der Waals surface area contributed by atoms with E-state index in [9.17, 15) is 0 Å². The van der Waals surface area contributed by atoms with Crippen molar-refractivity contribution in [2.24, 2.45) is 0 Å². The van der Waals surface area contributed by atoms with Gasteiger partial charge in [0.25, 0.3) is 0 Å². The van der Waals surface area contributed by atoms with Crippen molar-refractivity contribution < 1.29 is 9.15 Å². The Bertz CT molecular complexity index is 588. The number of para-hydroxylation sites is 1. The highest BCUT2D eigenvalue weighted by atomic mass is 16.5. The molecule has 1 aromatic carbocycles. The van der Waals surface area contributed by atoms with Gasteiger partial charge in [0, 0.05) is 12.5 Å². The van der Waals surface area contributed by atoms with Crippen molar-refractivity contribution in [3.05, 3.63) is 47.7 Å². The van der Waals surface area contributed by atoms with E-state index in [2.05, 4.69) is 29.4 Å². The third-order valence-electron chi connectivity index (χ3n) is 4.21. The van der Waals surface area contributed by atoms with E-state index in [0.717, 1.165) is 36.7 Å². The van der Waals surface area contributed by atoms with Crippen LogP contribution in [0.5, 0.6) is 5.75 Å². The number of hydrogen-bond donors (Lipinski definition) is 1. The molecule has 0 aliphatic heterocycles. The highest BCUT2D eigenvalue weighted by Gasteiger charge is 2.31. The Balaban J connectivity index is 1.49. The summed E-state index contributed by atoms with van der Waals surface area (Å²) in [5, 5.41) is 3.51. The summed E-state index contributed by atoms with van der Waals surface area (Å²) in [5.41, 5.74) is 1.32. The molecule has 112 valence electrons. The number of benzene rings is 1. The molecular weight excluding hydrogens is 264 g/mol. The summed E-state index contributed by atoms with van der Waals surface area (Å²) in [6, 6.07) is 8.84. The van der Waals surface area contributed by atoms with Crippen molar-refractivity contribution in [1.29, 1.82) is 0 Å². The van der Waals surface area contributed by atoms with E-state index in [-0.39, 0.29) is 0 Å². The Morgan fingerprint density at radius 2 is 2.14 bits per heavy atom. The first-order chi connectivity index (χ1) is 10.3. The number of oxazole rings is 1. The second-order valence-electron chi connectivity index (χ2n) is 5.56. The standard InChI is InChI=1S/C17H22N2O2/c1-3-14-10-19-17(21-14)11-18-13-8-12(9-13)15-6-4-5-7-16(15)20-2/h4-7,10,12-13,18H,3,8-9,11H2,1-2H3. The van der Waals surface area contributed by atoms with Crippen LogP contribution in [0, 0.1) is 0 Å². The third-order valence-corrected chi connectivity index (χ3v) is 4.21.